The molecule has 12 heteroatoms. The predicted octanol–water partition coefficient (Wildman–Crippen LogP) is 6.12. The predicted molar refractivity (Wildman–Crippen MR) is 153 cm³/mol. The SMILES string of the molecule is CC(C)(C)OC(=O)Nc1ccc(-c2cccc(C(F)F)c2)cc1C(=O)N1CCN(C(=O)OC(C)(C)C)CC1.COC=O. The van der Waals surface area contributed by atoms with Crippen LogP contribution in [0.5, 0.6) is 0 Å². The number of nitrogens with zero attached hydrogens (tertiary/aromatic N) is 2. The highest BCUT2D eigenvalue weighted by Crippen LogP contribution is 2.30. The van der Waals surface area contributed by atoms with Gasteiger partial charge in [-0.25, -0.2) is 18.4 Å². The van der Waals surface area contributed by atoms with E-state index in [2.05, 4.69) is 10.1 Å². The number of rotatable bonds is 5. The summed E-state index contributed by atoms with van der Waals surface area (Å²) in [4.78, 5) is 50.6. The smallest absolute Gasteiger partial charge is 0.412 e. The van der Waals surface area contributed by atoms with E-state index in [0.29, 0.717) is 17.6 Å². The molecular weight excluding hydrogens is 552 g/mol. The molecule has 1 aliphatic rings. The summed E-state index contributed by atoms with van der Waals surface area (Å²) in [7, 11) is 1.31. The van der Waals surface area contributed by atoms with Crippen LogP contribution in [-0.2, 0) is 19.0 Å². The zero-order valence-corrected chi connectivity index (χ0v) is 25.0. The Labute approximate surface area is 244 Å². The van der Waals surface area contributed by atoms with Crippen LogP contribution in [-0.4, -0.2) is 78.9 Å². The van der Waals surface area contributed by atoms with E-state index in [1.54, 1.807) is 75.6 Å². The Bertz CT molecular complexity index is 1250. The Morgan fingerprint density at radius 2 is 1.40 bits per heavy atom. The second-order valence-corrected chi connectivity index (χ2v) is 11.4. The lowest BCUT2D eigenvalue weighted by atomic mass is 9.99. The van der Waals surface area contributed by atoms with E-state index in [4.69, 9.17) is 14.3 Å². The van der Waals surface area contributed by atoms with Crippen molar-refractivity contribution in [1.82, 2.24) is 9.80 Å². The summed E-state index contributed by atoms with van der Waals surface area (Å²) in [5.74, 6) is -0.369. The van der Waals surface area contributed by atoms with Crippen molar-refractivity contribution in [2.24, 2.45) is 0 Å². The molecule has 0 atom stereocenters. The van der Waals surface area contributed by atoms with Crippen molar-refractivity contribution in [1.29, 1.82) is 0 Å². The van der Waals surface area contributed by atoms with Gasteiger partial charge in [0.25, 0.3) is 18.8 Å². The van der Waals surface area contributed by atoms with Gasteiger partial charge in [-0.1, -0.05) is 24.3 Å². The first-order valence-corrected chi connectivity index (χ1v) is 13.3. The zero-order chi connectivity index (χ0) is 31.7. The van der Waals surface area contributed by atoms with Crippen LogP contribution in [0.4, 0.5) is 24.1 Å². The molecule has 3 rings (SSSR count). The van der Waals surface area contributed by atoms with E-state index in [1.807, 2.05) is 0 Å². The van der Waals surface area contributed by atoms with Gasteiger partial charge in [-0.2, -0.15) is 0 Å². The van der Waals surface area contributed by atoms with Gasteiger partial charge >= 0.3 is 12.2 Å². The van der Waals surface area contributed by atoms with Gasteiger partial charge in [-0.05, 0) is 70.9 Å². The van der Waals surface area contributed by atoms with Crippen LogP contribution in [0, 0.1) is 0 Å². The molecule has 1 fully saturated rings. The number of benzene rings is 2. The molecule has 0 aromatic heterocycles. The topological polar surface area (TPSA) is 114 Å². The van der Waals surface area contributed by atoms with Gasteiger partial charge < -0.3 is 24.0 Å². The maximum atomic E-state index is 13.6. The molecule has 0 spiro atoms. The van der Waals surface area contributed by atoms with Gasteiger partial charge in [0.2, 0.25) is 0 Å². The van der Waals surface area contributed by atoms with E-state index < -0.39 is 29.8 Å². The third kappa shape index (κ3) is 10.6. The number of piperazine rings is 1. The quantitative estimate of drug-likeness (QED) is 0.329. The molecule has 10 nitrogen and oxygen atoms in total. The molecule has 1 aliphatic heterocycles. The van der Waals surface area contributed by atoms with E-state index in [-0.39, 0.29) is 48.9 Å². The van der Waals surface area contributed by atoms with Crippen molar-refractivity contribution in [2.45, 2.75) is 59.2 Å². The zero-order valence-electron chi connectivity index (χ0n) is 25.0. The summed E-state index contributed by atoms with van der Waals surface area (Å²) in [5.41, 5.74) is -0.0527. The van der Waals surface area contributed by atoms with E-state index >= 15 is 0 Å². The fourth-order valence-electron chi connectivity index (χ4n) is 3.87. The highest BCUT2D eigenvalue weighted by molar-refractivity contribution is 6.04. The molecule has 2 aromatic carbocycles. The Kier molecular flexibility index (Phi) is 11.8. The van der Waals surface area contributed by atoms with Gasteiger partial charge in [0, 0.05) is 31.7 Å². The van der Waals surface area contributed by atoms with Gasteiger partial charge in [0.15, 0.2) is 0 Å². The summed E-state index contributed by atoms with van der Waals surface area (Å²) in [6.45, 7) is 12.0. The molecule has 1 heterocycles. The lowest BCUT2D eigenvalue weighted by Gasteiger charge is -2.36. The molecule has 1 N–H and O–H groups in total. The number of carbonyl (C=O) groups excluding carboxylic acids is 4. The first-order chi connectivity index (χ1) is 19.5. The highest BCUT2D eigenvalue weighted by atomic mass is 19.3. The summed E-state index contributed by atoms with van der Waals surface area (Å²) < 4.78 is 41.2. The van der Waals surface area contributed by atoms with Crippen LogP contribution >= 0.6 is 0 Å². The lowest BCUT2D eigenvalue weighted by Crippen LogP contribution is -2.51. The Hall–Kier alpha value is -4.22. The standard InChI is InChI=1S/C28H35F2N3O5.C2H4O2/c1-27(2,3)37-25(35)31-22-11-10-19(18-8-7-9-20(16-18)23(29)30)17-21(22)24(34)32-12-14-33(15-13-32)26(36)38-28(4,5)6;1-4-2-3/h7-11,16-17,23H,12-15H2,1-6H3,(H,31,35);2H,1H3. The summed E-state index contributed by atoms with van der Waals surface area (Å²) in [6, 6.07) is 10.7. The number of hydrogen-bond donors (Lipinski definition) is 1. The maximum Gasteiger partial charge on any atom is 0.412 e. The number of alkyl halides is 2. The molecule has 0 unspecified atom stereocenters. The van der Waals surface area contributed by atoms with E-state index in [0.717, 1.165) is 0 Å². The lowest BCUT2D eigenvalue weighted by molar-refractivity contribution is -0.126. The van der Waals surface area contributed by atoms with Crippen molar-refractivity contribution in [3.05, 3.63) is 53.6 Å². The average molecular weight is 592 g/mol. The maximum absolute atomic E-state index is 13.6. The van der Waals surface area contributed by atoms with Crippen LogP contribution in [0.25, 0.3) is 11.1 Å². The number of hydrogen-bond acceptors (Lipinski definition) is 7. The fraction of sp³-hybridized carbons (Fsp3) is 0.467. The monoisotopic (exact) mass is 591 g/mol. The number of ether oxygens (including phenoxy) is 3. The van der Waals surface area contributed by atoms with Gasteiger partial charge in [-0.15, -0.1) is 0 Å². The van der Waals surface area contributed by atoms with E-state index in [9.17, 15) is 23.2 Å². The number of carbonyl (C=O) groups is 4. The van der Waals surface area contributed by atoms with Gasteiger partial charge in [0.1, 0.15) is 11.2 Å². The van der Waals surface area contributed by atoms with Crippen LogP contribution in [0.3, 0.4) is 0 Å². The van der Waals surface area contributed by atoms with Crippen molar-refractivity contribution >= 4 is 30.3 Å². The first-order valence-electron chi connectivity index (χ1n) is 13.3. The van der Waals surface area contributed by atoms with Crippen LogP contribution in [0.2, 0.25) is 0 Å². The minimum atomic E-state index is -2.63. The van der Waals surface area contributed by atoms with Gasteiger partial charge in [0.05, 0.1) is 18.4 Å². The molecule has 0 bridgehead atoms. The molecular formula is C30H39F2N3O7. The number of anilines is 1. The third-order valence-corrected chi connectivity index (χ3v) is 5.67. The molecule has 0 aliphatic carbocycles. The molecule has 0 saturated carbocycles. The summed E-state index contributed by atoms with van der Waals surface area (Å²) >= 11 is 0. The molecule has 230 valence electrons. The molecule has 2 aromatic rings. The Morgan fingerprint density at radius 1 is 0.857 bits per heavy atom. The van der Waals surface area contributed by atoms with E-state index in [1.165, 1.54) is 25.3 Å². The number of amides is 3. The molecule has 1 saturated heterocycles. The van der Waals surface area contributed by atoms with Crippen LogP contribution in [0.1, 0.15) is 63.9 Å². The average Bonchev–Trinajstić information content (AvgIpc) is 2.91. The number of methoxy groups -OCH3 is 1. The van der Waals surface area contributed by atoms with Crippen molar-refractivity contribution in [3.63, 3.8) is 0 Å². The van der Waals surface area contributed by atoms with Crippen molar-refractivity contribution in [3.8, 4) is 11.1 Å². The summed E-state index contributed by atoms with van der Waals surface area (Å²) in [5, 5.41) is 2.63. The third-order valence-electron chi connectivity index (χ3n) is 5.67. The highest BCUT2D eigenvalue weighted by Gasteiger charge is 2.29. The van der Waals surface area contributed by atoms with Gasteiger partial charge in [-0.3, -0.25) is 14.9 Å². The van der Waals surface area contributed by atoms with Crippen LogP contribution in [0.15, 0.2) is 42.5 Å². The largest absolute Gasteiger partial charge is 0.471 e. The second-order valence-electron chi connectivity index (χ2n) is 11.4. The number of nitrogens with one attached hydrogen (secondary N) is 1. The Balaban J connectivity index is 0.00000144. The summed E-state index contributed by atoms with van der Waals surface area (Å²) in [6.07, 6.45) is -3.81. The molecule has 0 radical (unpaired) electrons. The molecule has 3 amide bonds. The van der Waals surface area contributed by atoms with Crippen molar-refractivity contribution < 1.29 is 42.2 Å². The normalized spacial score (nSPS) is 13.5. The first kappa shape index (κ1) is 34.0. The van der Waals surface area contributed by atoms with Crippen LogP contribution < -0.4 is 5.32 Å². The minimum Gasteiger partial charge on any atom is -0.471 e. The number of halogens is 2. The fourth-order valence-corrected chi connectivity index (χ4v) is 3.87. The minimum absolute atomic E-state index is 0.135. The second kappa shape index (κ2) is 14.6. The van der Waals surface area contributed by atoms with Crippen molar-refractivity contribution in [2.75, 3.05) is 38.6 Å². The Morgan fingerprint density at radius 3 is 1.93 bits per heavy atom. The molecule has 42 heavy (non-hydrogen) atoms.